The summed E-state index contributed by atoms with van der Waals surface area (Å²) in [7, 11) is 1.37. The molecule has 42 heavy (non-hydrogen) atoms. The molecule has 6 aromatic rings. The number of aromatic amines is 1. The van der Waals surface area contributed by atoms with Crippen LogP contribution in [0.2, 0.25) is 0 Å². The Morgan fingerprint density at radius 3 is 2.55 bits per heavy atom. The molecule has 0 aliphatic heterocycles. The molecule has 0 radical (unpaired) electrons. The van der Waals surface area contributed by atoms with Crippen LogP contribution in [0.5, 0.6) is 0 Å². The van der Waals surface area contributed by atoms with E-state index in [4.69, 9.17) is 9.72 Å². The molecule has 3 aromatic heterocycles. The molecule has 1 atom stereocenters. The molecule has 3 heterocycles. The van der Waals surface area contributed by atoms with Crippen molar-refractivity contribution in [2.75, 3.05) is 12.4 Å². The van der Waals surface area contributed by atoms with Gasteiger partial charge in [-0.05, 0) is 60.7 Å². The van der Waals surface area contributed by atoms with Crippen molar-refractivity contribution in [3.8, 4) is 5.69 Å². The van der Waals surface area contributed by atoms with Crippen LogP contribution >= 0.6 is 0 Å². The van der Waals surface area contributed by atoms with E-state index in [9.17, 15) is 9.59 Å². The maximum Gasteiger partial charge on any atom is 0.337 e. The van der Waals surface area contributed by atoms with Crippen molar-refractivity contribution in [1.82, 2.24) is 29.5 Å². The average Bonchev–Trinajstić information content (AvgIpc) is 3.52. The number of rotatable bonds is 9. The molecule has 0 unspecified atom stereocenters. The number of anilines is 1. The van der Waals surface area contributed by atoms with Gasteiger partial charge >= 0.3 is 5.97 Å². The van der Waals surface area contributed by atoms with Crippen molar-refractivity contribution in [2.45, 2.75) is 32.2 Å². The number of aryl methyl sites for hydroxylation is 2. The van der Waals surface area contributed by atoms with Crippen molar-refractivity contribution in [3.05, 3.63) is 118 Å². The SMILES string of the molecule is CC[C@H](Nc1ncnc2nc[nH]c12)c1nc2cccc(CCc3ccc(C(=O)OC)cc3)c2c(=O)n1-c1ccccc1. The summed E-state index contributed by atoms with van der Waals surface area (Å²) >= 11 is 0. The summed E-state index contributed by atoms with van der Waals surface area (Å²) in [6.45, 7) is 2.04. The van der Waals surface area contributed by atoms with E-state index >= 15 is 0 Å². The molecular weight excluding hydrogens is 530 g/mol. The van der Waals surface area contributed by atoms with Crippen molar-refractivity contribution in [1.29, 1.82) is 0 Å². The number of esters is 1. The fraction of sp³-hybridized carbons (Fsp3) is 0.188. The summed E-state index contributed by atoms with van der Waals surface area (Å²) in [5, 5.41) is 4.06. The number of methoxy groups -OCH3 is 1. The molecule has 210 valence electrons. The van der Waals surface area contributed by atoms with E-state index in [1.54, 1.807) is 23.0 Å². The highest BCUT2D eigenvalue weighted by Crippen LogP contribution is 2.27. The quantitative estimate of drug-likeness (QED) is 0.232. The minimum Gasteiger partial charge on any atom is -0.465 e. The van der Waals surface area contributed by atoms with Crippen LogP contribution in [-0.4, -0.2) is 42.6 Å². The second-order valence-electron chi connectivity index (χ2n) is 9.87. The first-order chi connectivity index (χ1) is 20.6. The lowest BCUT2D eigenvalue weighted by Gasteiger charge is -2.22. The zero-order valence-corrected chi connectivity index (χ0v) is 23.2. The van der Waals surface area contributed by atoms with Gasteiger partial charge in [-0.2, -0.15) is 0 Å². The largest absolute Gasteiger partial charge is 0.465 e. The van der Waals surface area contributed by atoms with E-state index in [2.05, 4.69) is 25.3 Å². The van der Waals surface area contributed by atoms with Crippen molar-refractivity contribution in [2.24, 2.45) is 0 Å². The molecule has 3 aromatic carbocycles. The highest BCUT2D eigenvalue weighted by atomic mass is 16.5. The highest BCUT2D eigenvalue weighted by Gasteiger charge is 2.23. The zero-order valence-electron chi connectivity index (χ0n) is 23.2. The van der Waals surface area contributed by atoms with Crippen LogP contribution in [0, 0.1) is 0 Å². The van der Waals surface area contributed by atoms with Crippen LogP contribution in [0.4, 0.5) is 5.82 Å². The monoisotopic (exact) mass is 559 g/mol. The molecule has 10 heteroatoms. The number of H-pyrrole nitrogens is 1. The van der Waals surface area contributed by atoms with Gasteiger partial charge in [-0.1, -0.05) is 49.4 Å². The van der Waals surface area contributed by atoms with Crippen LogP contribution in [0.15, 0.2) is 90.2 Å². The Morgan fingerprint density at radius 1 is 0.976 bits per heavy atom. The Bertz CT molecular complexity index is 1930. The summed E-state index contributed by atoms with van der Waals surface area (Å²) in [4.78, 5) is 47.2. The van der Waals surface area contributed by atoms with Gasteiger partial charge in [-0.25, -0.2) is 24.7 Å². The maximum atomic E-state index is 14.4. The van der Waals surface area contributed by atoms with Gasteiger partial charge in [-0.15, -0.1) is 0 Å². The lowest BCUT2D eigenvalue weighted by Crippen LogP contribution is -2.29. The zero-order chi connectivity index (χ0) is 29.1. The normalized spacial score (nSPS) is 12.0. The van der Waals surface area contributed by atoms with Crippen LogP contribution in [0.1, 0.15) is 46.7 Å². The molecule has 2 N–H and O–H groups in total. The van der Waals surface area contributed by atoms with E-state index in [1.807, 2.05) is 67.6 Å². The number of imidazole rings is 1. The number of nitrogens with zero attached hydrogens (tertiary/aromatic N) is 5. The highest BCUT2D eigenvalue weighted by molar-refractivity contribution is 5.89. The second-order valence-corrected chi connectivity index (χ2v) is 9.87. The van der Waals surface area contributed by atoms with Crippen LogP contribution in [-0.2, 0) is 17.6 Å². The Hall–Kier alpha value is -5.38. The van der Waals surface area contributed by atoms with Gasteiger partial charge in [0.1, 0.15) is 17.7 Å². The van der Waals surface area contributed by atoms with E-state index in [1.165, 1.54) is 13.4 Å². The molecule has 0 amide bonds. The number of benzene rings is 3. The molecule has 10 nitrogen and oxygen atoms in total. The predicted molar refractivity (Wildman–Crippen MR) is 161 cm³/mol. The number of carbonyl (C=O) groups is 1. The third kappa shape index (κ3) is 5.10. The molecule has 6 rings (SSSR count). The Morgan fingerprint density at radius 2 is 1.79 bits per heavy atom. The number of hydrogen-bond acceptors (Lipinski definition) is 8. The summed E-state index contributed by atoms with van der Waals surface area (Å²) < 4.78 is 6.50. The maximum absolute atomic E-state index is 14.4. The fourth-order valence-corrected chi connectivity index (χ4v) is 5.18. The lowest BCUT2D eigenvalue weighted by atomic mass is 10.00. The summed E-state index contributed by atoms with van der Waals surface area (Å²) in [6, 6.07) is 22.4. The Kier molecular flexibility index (Phi) is 7.42. The minimum atomic E-state index is -0.368. The third-order valence-corrected chi connectivity index (χ3v) is 7.34. The number of para-hydroxylation sites is 1. The average molecular weight is 560 g/mol. The van der Waals surface area contributed by atoms with E-state index in [-0.39, 0.29) is 17.6 Å². The van der Waals surface area contributed by atoms with Gasteiger partial charge in [-0.3, -0.25) is 9.36 Å². The summed E-state index contributed by atoms with van der Waals surface area (Å²) in [6.07, 6.45) is 5.01. The van der Waals surface area contributed by atoms with E-state index < -0.39 is 0 Å². The van der Waals surface area contributed by atoms with Crippen molar-refractivity contribution < 1.29 is 9.53 Å². The molecule has 0 saturated heterocycles. The van der Waals surface area contributed by atoms with Crippen LogP contribution < -0.4 is 10.9 Å². The Balaban J connectivity index is 1.42. The van der Waals surface area contributed by atoms with Gasteiger partial charge in [0.05, 0.1) is 41.6 Å². The topological polar surface area (TPSA) is 128 Å². The minimum absolute atomic E-state index is 0.132. The summed E-state index contributed by atoms with van der Waals surface area (Å²) in [5.74, 6) is 0.806. The van der Waals surface area contributed by atoms with E-state index in [0.29, 0.717) is 58.5 Å². The molecule has 0 aliphatic rings. The number of carbonyl (C=O) groups excluding carboxylic acids is 1. The number of nitrogens with one attached hydrogen (secondary N) is 2. The third-order valence-electron chi connectivity index (χ3n) is 7.34. The number of hydrogen-bond donors (Lipinski definition) is 2. The standard InChI is InChI=1S/C32H29N7O3/c1-3-24(37-29-27-28(34-18-33-27)35-19-36-29)30-38-25-11-7-8-21(15-12-20-13-16-22(17-14-20)32(41)42-2)26(25)31(40)39(30)23-9-5-4-6-10-23/h4-11,13-14,16-19,24H,3,12,15H2,1-2H3,(H2,33,34,35,36,37)/t24-/m0/s1. The summed E-state index contributed by atoms with van der Waals surface area (Å²) in [5.41, 5.74) is 4.94. The van der Waals surface area contributed by atoms with Gasteiger partial charge < -0.3 is 15.0 Å². The smallest absolute Gasteiger partial charge is 0.337 e. The van der Waals surface area contributed by atoms with Crippen LogP contribution in [0.25, 0.3) is 27.8 Å². The number of ether oxygens (including phenoxy) is 1. The van der Waals surface area contributed by atoms with Gasteiger partial charge in [0, 0.05) is 0 Å². The van der Waals surface area contributed by atoms with E-state index in [0.717, 1.165) is 16.8 Å². The molecule has 0 fully saturated rings. The molecule has 0 aliphatic carbocycles. The fourth-order valence-electron chi connectivity index (χ4n) is 5.18. The lowest BCUT2D eigenvalue weighted by molar-refractivity contribution is 0.0600. The number of aromatic nitrogens is 6. The van der Waals surface area contributed by atoms with Gasteiger partial charge in [0.25, 0.3) is 5.56 Å². The van der Waals surface area contributed by atoms with Gasteiger partial charge in [0.15, 0.2) is 11.5 Å². The molecule has 0 bridgehead atoms. The predicted octanol–water partition coefficient (Wildman–Crippen LogP) is 5.19. The first-order valence-electron chi connectivity index (χ1n) is 13.7. The second kappa shape index (κ2) is 11.6. The first-order valence-corrected chi connectivity index (χ1v) is 13.7. The molecule has 0 saturated carbocycles. The van der Waals surface area contributed by atoms with Crippen LogP contribution in [0.3, 0.4) is 0 Å². The number of fused-ring (bicyclic) bond motifs is 2. The molecule has 0 spiro atoms. The van der Waals surface area contributed by atoms with Crippen molar-refractivity contribution >= 4 is 33.9 Å². The van der Waals surface area contributed by atoms with Crippen molar-refractivity contribution in [3.63, 3.8) is 0 Å². The Labute approximate surface area is 241 Å². The van der Waals surface area contributed by atoms with Gasteiger partial charge in [0.2, 0.25) is 0 Å². The first kappa shape index (κ1) is 26.8. The molecular formula is C32H29N7O3.